The third kappa shape index (κ3) is 3.53. The molecule has 11 nitrogen and oxygen atoms in total. The van der Waals surface area contributed by atoms with Gasteiger partial charge >= 0.3 is 17.9 Å². The van der Waals surface area contributed by atoms with Gasteiger partial charge in [-0.25, -0.2) is 9.18 Å². The van der Waals surface area contributed by atoms with Crippen molar-refractivity contribution in [1.82, 2.24) is 14.5 Å². The Morgan fingerprint density at radius 2 is 2.18 bits per heavy atom. The number of nitro groups is 1. The van der Waals surface area contributed by atoms with Crippen LogP contribution < -0.4 is 9.64 Å². The van der Waals surface area contributed by atoms with Crippen LogP contribution in [0.1, 0.15) is 12.6 Å². The summed E-state index contributed by atoms with van der Waals surface area (Å²) in [5, 5.41) is 20.0. The molecule has 2 unspecified atom stereocenters. The molecule has 0 saturated carbocycles. The summed E-state index contributed by atoms with van der Waals surface area (Å²) < 4.78 is 27.2. The fraction of sp³-hybridized carbons (Fsp3) is 0.286. The number of ether oxygens (including phenoxy) is 2. The van der Waals surface area contributed by atoms with Gasteiger partial charge in [0, 0.05) is 22.3 Å². The van der Waals surface area contributed by atoms with Crippen LogP contribution in [0.2, 0.25) is 0 Å². The van der Waals surface area contributed by atoms with E-state index in [2.05, 4.69) is 9.97 Å². The molecule has 0 spiro atoms. The number of aliphatic hydroxyl groups excluding tert-OH is 1. The largest absolute Gasteiger partial charge is 0.441 e. The molecule has 1 amide bonds. The molecule has 2 atom stereocenters. The van der Waals surface area contributed by atoms with Crippen molar-refractivity contribution in [3.05, 3.63) is 64.4 Å². The molecule has 5 rings (SSSR count). The molecule has 12 heteroatoms. The number of hydrogen-bond acceptors (Lipinski definition) is 8. The number of amides is 1. The summed E-state index contributed by atoms with van der Waals surface area (Å²) in [4.78, 5) is 31.8. The Morgan fingerprint density at radius 3 is 2.79 bits per heavy atom. The van der Waals surface area contributed by atoms with Crippen molar-refractivity contribution in [2.24, 2.45) is 0 Å². The maximum atomic E-state index is 14.9. The lowest BCUT2D eigenvalue weighted by atomic mass is 9.99. The van der Waals surface area contributed by atoms with E-state index in [1.165, 1.54) is 23.4 Å². The average molecular weight is 455 g/mol. The molecular weight excluding hydrogens is 437 g/mol. The van der Waals surface area contributed by atoms with Crippen molar-refractivity contribution in [3.63, 3.8) is 0 Å². The first kappa shape index (κ1) is 20.8. The molecule has 2 aliphatic rings. The zero-order chi connectivity index (χ0) is 23.3. The highest BCUT2D eigenvalue weighted by Crippen LogP contribution is 2.37. The summed E-state index contributed by atoms with van der Waals surface area (Å²) in [5.41, 5.74) is 0.834. The maximum Gasteiger partial charge on any atom is 0.415 e. The van der Waals surface area contributed by atoms with Crippen molar-refractivity contribution in [3.8, 4) is 17.1 Å². The summed E-state index contributed by atoms with van der Waals surface area (Å²) in [6.07, 6.45) is 1.55. The third-order valence-corrected chi connectivity index (χ3v) is 5.66. The molecule has 170 valence electrons. The predicted molar refractivity (Wildman–Crippen MR) is 111 cm³/mol. The van der Waals surface area contributed by atoms with Crippen LogP contribution in [-0.2, 0) is 16.9 Å². The molecule has 33 heavy (non-hydrogen) atoms. The SMILES string of the molecule is CC1(c2ccc(-c3ccc(N4CC(CO)OC4=O)cc3F)cn2)Cn2cc([N+](=O)[O-])nc2O1. The summed E-state index contributed by atoms with van der Waals surface area (Å²) in [6, 6.07) is 7.92. The van der Waals surface area contributed by atoms with Crippen LogP contribution in [-0.4, -0.2) is 49.9 Å². The average Bonchev–Trinajstić information content (AvgIpc) is 3.45. The van der Waals surface area contributed by atoms with Crippen molar-refractivity contribution in [2.75, 3.05) is 18.1 Å². The van der Waals surface area contributed by atoms with E-state index in [4.69, 9.17) is 14.6 Å². The van der Waals surface area contributed by atoms with Crippen molar-refractivity contribution in [2.45, 2.75) is 25.2 Å². The monoisotopic (exact) mass is 455 g/mol. The van der Waals surface area contributed by atoms with E-state index >= 15 is 0 Å². The lowest BCUT2D eigenvalue weighted by molar-refractivity contribution is -0.389. The lowest BCUT2D eigenvalue weighted by Gasteiger charge is -2.21. The van der Waals surface area contributed by atoms with Crippen LogP contribution in [0.3, 0.4) is 0 Å². The van der Waals surface area contributed by atoms with Gasteiger partial charge in [0.15, 0.2) is 5.60 Å². The summed E-state index contributed by atoms with van der Waals surface area (Å²) in [6.45, 7) is 1.92. The predicted octanol–water partition coefficient (Wildman–Crippen LogP) is 2.62. The molecular formula is C21H18FN5O6. The molecule has 0 aliphatic carbocycles. The fourth-order valence-corrected chi connectivity index (χ4v) is 3.96. The molecule has 1 fully saturated rings. The van der Waals surface area contributed by atoms with Gasteiger partial charge in [-0.05, 0) is 36.1 Å². The van der Waals surface area contributed by atoms with Crippen LogP contribution in [0.25, 0.3) is 11.1 Å². The van der Waals surface area contributed by atoms with E-state index in [1.807, 2.05) is 0 Å². The first-order chi connectivity index (χ1) is 15.8. The quantitative estimate of drug-likeness (QED) is 0.459. The van der Waals surface area contributed by atoms with Gasteiger partial charge in [0.05, 0.1) is 31.1 Å². The Hall–Kier alpha value is -4.06. The Kier molecular flexibility index (Phi) is 4.74. The molecule has 2 aromatic heterocycles. The fourth-order valence-electron chi connectivity index (χ4n) is 3.96. The number of pyridine rings is 1. The number of halogens is 1. The van der Waals surface area contributed by atoms with Crippen LogP contribution in [0.15, 0.2) is 42.7 Å². The number of imidazole rings is 1. The highest BCUT2D eigenvalue weighted by Gasteiger charge is 2.42. The van der Waals surface area contributed by atoms with Crippen molar-refractivity contribution >= 4 is 17.6 Å². The second-order valence-electron chi connectivity index (χ2n) is 7.99. The van der Waals surface area contributed by atoms with Gasteiger partial charge in [0.1, 0.15) is 18.1 Å². The number of aromatic nitrogens is 3. The number of cyclic esters (lactones) is 1. The number of benzene rings is 1. The molecule has 3 aromatic rings. The molecule has 4 heterocycles. The minimum absolute atomic E-state index is 0.139. The topological polar surface area (TPSA) is 133 Å². The minimum Gasteiger partial charge on any atom is -0.441 e. The molecule has 2 aliphatic heterocycles. The number of aliphatic hydroxyl groups is 1. The van der Waals surface area contributed by atoms with E-state index in [1.54, 1.807) is 35.8 Å². The lowest BCUT2D eigenvalue weighted by Crippen LogP contribution is -2.29. The first-order valence-electron chi connectivity index (χ1n) is 10.0. The van der Waals surface area contributed by atoms with Gasteiger partial charge in [0.2, 0.25) is 0 Å². The van der Waals surface area contributed by atoms with Crippen molar-refractivity contribution in [1.29, 1.82) is 0 Å². The van der Waals surface area contributed by atoms with Crippen LogP contribution in [0.5, 0.6) is 6.01 Å². The van der Waals surface area contributed by atoms with Gasteiger partial charge in [0.25, 0.3) is 0 Å². The van der Waals surface area contributed by atoms with Crippen LogP contribution in [0, 0.1) is 15.9 Å². The molecule has 1 saturated heterocycles. The number of carbonyl (C=O) groups is 1. The normalized spacial score (nSPS) is 21.6. The van der Waals surface area contributed by atoms with Crippen LogP contribution in [0.4, 0.5) is 20.7 Å². The number of hydrogen-bond donors (Lipinski definition) is 1. The summed E-state index contributed by atoms with van der Waals surface area (Å²) in [5.74, 6) is -0.832. The van der Waals surface area contributed by atoms with Gasteiger partial charge in [-0.1, -0.05) is 6.07 Å². The summed E-state index contributed by atoms with van der Waals surface area (Å²) in [7, 11) is 0. The maximum absolute atomic E-state index is 14.9. The van der Waals surface area contributed by atoms with E-state index in [9.17, 15) is 19.3 Å². The highest BCUT2D eigenvalue weighted by atomic mass is 19.1. The molecule has 0 bridgehead atoms. The van der Waals surface area contributed by atoms with E-state index in [0.717, 1.165) is 0 Å². The standard InChI is InChI=1S/C21H18FN5O6/c1-21(11-25-9-18(27(30)31)24-19(25)33-21)17-5-2-12(7-23-17)15-4-3-13(6-16(15)22)26-8-14(10-28)32-20(26)29/h2-7,9,14,28H,8,10-11H2,1H3. The highest BCUT2D eigenvalue weighted by molar-refractivity contribution is 5.90. The Balaban J connectivity index is 1.35. The van der Waals surface area contributed by atoms with Crippen LogP contribution >= 0.6 is 0 Å². The van der Waals surface area contributed by atoms with Gasteiger partial charge in [-0.3, -0.25) is 14.5 Å². The molecule has 0 radical (unpaired) electrons. The Labute approximate surface area is 186 Å². The number of rotatable bonds is 5. The first-order valence-corrected chi connectivity index (χ1v) is 10.0. The second kappa shape index (κ2) is 7.52. The third-order valence-electron chi connectivity index (χ3n) is 5.66. The minimum atomic E-state index is -0.877. The van der Waals surface area contributed by atoms with E-state index in [0.29, 0.717) is 29.1 Å². The number of anilines is 1. The number of fused-ring (bicyclic) bond motifs is 1. The van der Waals surface area contributed by atoms with Gasteiger partial charge in [-0.15, -0.1) is 0 Å². The van der Waals surface area contributed by atoms with Gasteiger partial charge in [-0.2, -0.15) is 0 Å². The number of carbonyl (C=O) groups excluding carboxylic acids is 1. The Morgan fingerprint density at radius 1 is 1.36 bits per heavy atom. The van der Waals surface area contributed by atoms with E-state index in [-0.39, 0.29) is 25.0 Å². The smallest absolute Gasteiger partial charge is 0.415 e. The molecule has 1 aromatic carbocycles. The summed E-state index contributed by atoms with van der Waals surface area (Å²) >= 11 is 0. The Bertz CT molecular complexity index is 1240. The van der Waals surface area contributed by atoms with E-state index < -0.39 is 28.5 Å². The molecule has 1 N–H and O–H groups in total. The zero-order valence-corrected chi connectivity index (χ0v) is 17.3. The van der Waals surface area contributed by atoms with Crippen molar-refractivity contribution < 1.29 is 28.7 Å². The zero-order valence-electron chi connectivity index (χ0n) is 17.3. The number of nitrogens with zero attached hydrogens (tertiary/aromatic N) is 5. The van der Waals surface area contributed by atoms with Gasteiger partial charge < -0.3 is 24.7 Å². The second-order valence-corrected chi connectivity index (χ2v) is 7.99.